The molecule has 0 saturated carbocycles. The van der Waals surface area contributed by atoms with Crippen LogP contribution in [0.1, 0.15) is 38.8 Å². The van der Waals surface area contributed by atoms with Crippen LogP contribution in [0.5, 0.6) is 0 Å². The van der Waals surface area contributed by atoms with Crippen LogP contribution >= 0.6 is 11.6 Å². The number of benzene rings is 2. The first-order chi connectivity index (χ1) is 16.7. The lowest BCUT2D eigenvalue weighted by molar-refractivity contribution is -0.119. The monoisotopic (exact) mass is 497 g/mol. The van der Waals surface area contributed by atoms with Gasteiger partial charge in [0.1, 0.15) is 5.82 Å². The van der Waals surface area contributed by atoms with Crippen molar-refractivity contribution in [3.05, 3.63) is 81.4 Å². The van der Waals surface area contributed by atoms with Crippen molar-refractivity contribution in [3.8, 4) is 5.69 Å². The lowest BCUT2D eigenvalue weighted by Gasteiger charge is -2.32. The molecule has 1 aliphatic heterocycles. The van der Waals surface area contributed by atoms with Gasteiger partial charge in [-0.15, -0.1) is 0 Å². The molecular formula is C26H29ClFN5O2. The highest BCUT2D eigenvalue weighted by Crippen LogP contribution is 2.31. The molecule has 3 aromatic rings. The summed E-state index contributed by atoms with van der Waals surface area (Å²) in [4.78, 5) is 29.4. The van der Waals surface area contributed by atoms with Crippen LogP contribution in [0.25, 0.3) is 5.69 Å². The van der Waals surface area contributed by atoms with Crippen LogP contribution in [0, 0.1) is 19.7 Å². The summed E-state index contributed by atoms with van der Waals surface area (Å²) in [6.45, 7) is 6.85. The summed E-state index contributed by atoms with van der Waals surface area (Å²) in [5, 5.41) is 4.90. The molecule has 1 unspecified atom stereocenters. The SMILES string of the molecule is Cc1nn(-c2ccc(C(=O)N3CCN(C)CC3)cc2)c(C)c1C(Cc1ccc(F)cc1Cl)C(N)=O. The highest BCUT2D eigenvalue weighted by atomic mass is 35.5. The van der Waals surface area contributed by atoms with Crippen LogP contribution in [-0.4, -0.2) is 64.6 Å². The average Bonchev–Trinajstić information content (AvgIpc) is 3.12. The normalized spacial score (nSPS) is 15.3. The molecule has 1 fully saturated rings. The Morgan fingerprint density at radius 1 is 1.09 bits per heavy atom. The summed E-state index contributed by atoms with van der Waals surface area (Å²) in [5.41, 5.74) is 9.96. The van der Waals surface area contributed by atoms with E-state index in [-0.39, 0.29) is 17.4 Å². The first-order valence-electron chi connectivity index (χ1n) is 11.5. The molecule has 4 rings (SSSR count). The maximum Gasteiger partial charge on any atom is 0.253 e. The minimum Gasteiger partial charge on any atom is -0.369 e. The molecule has 2 aromatic carbocycles. The van der Waals surface area contributed by atoms with E-state index < -0.39 is 17.6 Å². The summed E-state index contributed by atoms with van der Waals surface area (Å²) < 4.78 is 15.2. The molecule has 1 saturated heterocycles. The van der Waals surface area contributed by atoms with Crippen LogP contribution in [0.3, 0.4) is 0 Å². The first-order valence-corrected chi connectivity index (χ1v) is 11.9. The van der Waals surface area contributed by atoms with Crippen molar-refractivity contribution in [1.82, 2.24) is 19.6 Å². The molecule has 2 heterocycles. The fraction of sp³-hybridized carbons (Fsp3) is 0.346. The molecule has 2 N–H and O–H groups in total. The van der Waals surface area contributed by atoms with Crippen LogP contribution < -0.4 is 5.73 Å². The molecule has 0 bridgehead atoms. The minimum absolute atomic E-state index is 0.0173. The zero-order valence-corrected chi connectivity index (χ0v) is 20.8. The van der Waals surface area contributed by atoms with Gasteiger partial charge in [0.25, 0.3) is 5.91 Å². The number of rotatable bonds is 6. The third-order valence-corrected chi connectivity index (χ3v) is 6.98. The lowest BCUT2D eigenvalue weighted by Crippen LogP contribution is -2.47. The Balaban J connectivity index is 1.59. The maximum atomic E-state index is 13.5. The number of primary amides is 1. The van der Waals surface area contributed by atoms with Gasteiger partial charge in [0.2, 0.25) is 5.91 Å². The summed E-state index contributed by atoms with van der Waals surface area (Å²) in [7, 11) is 2.05. The Kier molecular flexibility index (Phi) is 7.23. The number of nitrogens with two attached hydrogens (primary N) is 1. The fourth-order valence-electron chi connectivity index (χ4n) is 4.60. The van der Waals surface area contributed by atoms with E-state index in [9.17, 15) is 14.0 Å². The molecule has 1 aromatic heterocycles. The topological polar surface area (TPSA) is 84.5 Å². The number of aromatic nitrogens is 2. The highest BCUT2D eigenvalue weighted by molar-refractivity contribution is 6.31. The smallest absolute Gasteiger partial charge is 0.253 e. The van der Waals surface area contributed by atoms with Gasteiger partial charge in [-0.2, -0.15) is 5.10 Å². The standard InChI is InChI=1S/C26H29ClFN5O2/c1-16-24(22(25(29)34)14-19-4-7-20(28)15-23(19)27)17(2)33(30-16)21-8-5-18(6-9-21)26(35)32-12-10-31(3)11-13-32/h4-9,15,22H,10-14H2,1-3H3,(H2,29,34). The van der Waals surface area contributed by atoms with E-state index in [1.165, 1.54) is 12.1 Å². The molecule has 1 aliphatic rings. The van der Waals surface area contributed by atoms with E-state index in [0.29, 0.717) is 29.9 Å². The largest absolute Gasteiger partial charge is 0.369 e. The van der Waals surface area contributed by atoms with Crippen LogP contribution in [-0.2, 0) is 11.2 Å². The van der Waals surface area contributed by atoms with Gasteiger partial charge in [0, 0.05) is 48.0 Å². The zero-order chi connectivity index (χ0) is 25.3. The molecule has 0 radical (unpaired) electrons. The Morgan fingerprint density at radius 2 is 1.74 bits per heavy atom. The predicted octanol–water partition coefficient (Wildman–Crippen LogP) is 3.48. The number of hydrogen-bond acceptors (Lipinski definition) is 4. The molecule has 0 aliphatic carbocycles. The van der Waals surface area contributed by atoms with Crippen molar-refractivity contribution in [2.75, 3.05) is 33.2 Å². The minimum atomic E-state index is -0.676. The second-order valence-corrected chi connectivity index (χ2v) is 9.44. The number of piperazine rings is 1. The van der Waals surface area contributed by atoms with Gasteiger partial charge < -0.3 is 15.5 Å². The molecule has 0 spiro atoms. The summed E-state index contributed by atoms with van der Waals surface area (Å²) in [6, 6.07) is 11.4. The van der Waals surface area contributed by atoms with E-state index in [4.69, 9.17) is 17.3 Å². The summed E-state index contributed by atoms with van der Waals surface area (Å²) in [5.74, 6) is -1.61. The van der Waals surface area contributed by atoms with E-state index in [2.05, 4.69) is 17.0 Å². The number of halogens is 2. The lowest BCUT2D eigenvalue weighted by atomic mass is 9.90. The Morgan fingerprint density at radius 3 is 2.34 bits per heavy atom. The van der Waals surface area contributed by atoms with E-state index in [1.807, 2.05) is 30.9 Å². The number of amides is 2. The molecule has 184 valence electrons. The van der Waals surface area contributed by atoms with Crippen molar-refractivity contribution < 1.29 is 14.0 Å². The summed E-state index contributed by atoms with van der Waals surface area (Å²) >= 11 is 6.20. The molecule has 35 heavy (non-hydrogen) atoms. The first kappa shape index (κ1) is 24.9. The van der Waals surface area contributed by atoms with Gasteiger partial charge in [-0.05, 0) is 69.3 Å². The third kappa shape index (κ3) is 5.23. The molecule has 2 amide bonds. The van der Waals surface area contributed by atoms with Gasteiger partial charge in [-0.3, -0.25) is 9.59 Å². The molecule has 1 atom stereocenters. The fourth-order valence-corrected chi connectivity index (χ4v) is 4.84. The van der Waals surface area contributed by atoms with Crippen molar-refractivity contribution in [1.29, 1.82) is 0 Å². The Bertz CT molecular complexity index is 1250. The summed E-state index contributed by atoms with van der Waals surface area (Å²) in [6.07, 6.45) is 0.236. The number of aryl methyl sites for hydroxylation is 1. The highest BCUT2D eigenvalue weighted by Gasteiger charge is 2.27. The number of hydrogen-bond donors (Lipinski definition) is 1. The number of nitrogens with zero attached hydrogens (tertiary/aromatic N) is 4. The van der Waals surface area contributed by atoms with E-state index in [0.717, 1.165) is 30.0 Å². The van der Waals surface area contributed by atoms with Gasteiger partial charge in [0.15, 0.2) is 0 Å². The molecule has 7 nitrogen and oxygen atoms in total. The molecule has 9 heteroatoms. The van der Waals surface area contributed by atoms with Gasteiger partial charge in [-0.25, -0.2) is 9.07 Å². The van der Waals surface area contributed by atoms with Crippen LogP contribution in [0.15, 0.2) is 42.5 Å². The van der Waals surface area contributed by atoms with Crippen LogP contribution in [0.4, 0.5) is 4.39 Å². The van der Waals surface area contributed by atoms with Gasteiger partial charge in [0.05, 0.1) is 17.3 Å². The predicted molar refractivity (Wildman–Crippen MR) is 133 cm³/mol. The number of carbonyl (C=O) groups excluding carboxylic acids is 2. The van der Waals surface area contributed by atoms with Gasteiger partial charge >= 0.3 is 0 Å². The van der Waals surface area contributed by atoms with Gasteiger partial charge in [-0.1, -0.05) is 17.7 Å². The third-order valence-electron chi connectivity index (χ3n) is 6.63. The second-order valence-electron chi connectivity index (χ2n) is 9.03. The van der Waals surface area contributed by atoms with Crippen molar-refractivity contribution in [3.63, 3.8) is 0 Å². The Labute approximate surface area is 209 Å². The number of carbonyl (C=O) groups is 2. The van der Waals surface area contributed by atoms with Crippen molar-refractivity contribution >= 4 is 23.4 Å². The van der Waals surface area contributed by atoms with E-state index >= 15 is 0 Å². The Hall–Kier alpha value is -3.23. The van der Waals surface area contributed by atoms with E-state index in [1.54, 1.807) is 22.9 Å². The zero-order valence-electron chi connectivity index (χ0n) is 20.1. The maximum absolute atomic E-state index is 13.5. The van der Waals surface area contributed by atoms with Crippen molar-refractivity contribution in [2.24, 2.45) is 5.73 Å². The van der Waals surface area contributed by atoms with Crippen molar-refractivity contribution in [2.45, 2.75) is 26.2 Å². The quantitative estimate of drug-likeness (QED) is 0.565. The van der Waals surface area contributed by atoms with Crippen LogP contribution in [0.2, 0.25) is 5.02 Å². The average molecular weight is 498 g/mol. The molecular weight excluding hydrogens is 469 g/mol. The number of likely N-dealkylation sites (N-methyl/N-ethyl adjacent to an activating group) is 1. The second kappa shape index (κ2) is 10.2.